The van der Waals surface area contributed by atoms with Crippen LogP contribution in [0.25, 0.3) is 0 Å². The standard InChI is InChI=1S/C18H35N/c1-9-10-14(3)19-12-13(2)16-11-18(16,8)15(4)17(5,6)7/h12-16H,9-11H2,1-8H3/b19-12-/t13-,14+,15-,16?,18-/m0/s1. The van der Waals surface area contributed by atoms with Gasteiger partial charge in [-0.15, -0.1) is 0 Å². The summed E-state index contributed by atoms with van der Waals surface area (Å²) >= 11 is 0. The van der Waals surface area contributed by atoms with Crippen LogP contribution in [0.3, 0.4) is 0 Å². The van der Waals surface area contributed by atoms with Gasteiger partial charge in [-0.05, 0) is 48.3 Å². The first-order chi connectivity index (χ1) is 8.63. The first-order valence-corrected chi connectivity index (χ1v) is 8.16. The molecule has 1 heteroatoms. The number of hydrogen-bond acceptors (Lipinski definition) is 1. The Morgan fingerprint density at radius 3 is 2.32 bits per heavy atom. The van der Waals surface area contributed by atoms with Crippen LogP contribution >= 0.6 is 0 Å². The van der Waals surface area contributed by atoms with Crippen LogP contribution in [0, 0.1) is 28.6 Å². The van der Waals surface area contributed by atoms with Crippen molar-refractivity contribution in [3.63, 3.8) is 0 Å². The van der Waals surface area contributed by atoms with Gasteiger partial charge in [0.2, 0.25) is 0 Å². The lowest BCUT2D eigenvalue weighted by Gasteiger charge is -2.34. The summed E-state index contributed by atoms with van der Waals surface area (Å²) in [6.45, 7) is 18.9. The molecule has 0 bridgehead atoms. The van der Waals surface area contributed by atoms with Crippen LogP contribution in [0.5, 0.6) is 0 Å². The third kappa shape index (κ3) is 4.07. The van der Waals surface area contributed by atoms with Crippen molar-refractivity contribution in [2.45, 2.75) is 80.7 Å². The van der Waals surface area contributed by atoms with Crippen molar-refractivity contribution in [1.82, 2.24) is 0 Å². The smallest absolute Gasteiger partial charge is 0.0467 e. The van der Waals surface area contributed by atoms with Crippen LogP contribution in [0.15, 0.2) is 4.99 Å². The molecule has 1 aliphatic rings. The highest BCUT2D eigenvalue weighted by atomic mass is 14.8. The zero-order chi connectivity index (χ0) is 14.8. The molecule has 0 aromatic rings. The van der Waals surface area contributed by atoms with Gasteiger partial charge in [-0.1, -0.05) is 54.9 Å². The molecule has 1 rings (SSSR count). The summed E-state index contributed by atoms with van der Waals surface area (Å²) in [5.41, 5.74) is 0.938. The van der Waals surface area contributed by atoms with E-state index >= 15 is 0 Å². The Hall–Kier alpha value is -0.330. The van der Waals surface area contributed by atoms with Crippen molar-refractivity contribution in [3.8, 4) is 0 Å². The van der Waals surface area contributed by atoms with Gasteiger partial charge in [-0.2, -0.15) is 0 Å². The first-order valence-electron chi connectivity index (χ1n) is 8.16. The fourth-order valence-electron chi connectivity index (χ4n) is 3.57. The Kier molecular flexibility index (Phi) is 5.26. The molecule has 0 N–H and O–H groups in total. The maximum atomic E-state index is 4.74. The lowest BCUT2D eigenvalue weighted by molar-refractivity contribution is 0.154. The Balaban J connectivity index is 2.56. The van der Waals surface area contributed by atoms with Gasteiger partial charge in [0.15, 0.2) is 0 Å². The number of aliphatic imine (C=N–C) groups is 1. The molecule has 0 aromatic heterocycles. The minimum atomic E-state index is 0.413. The quantitative estimate of drug-likeness (QED) is 0.555. The van der Waals surface area contributed by atoms with Gasteiger partial charge in [0.1, 0.15) is 0 Å². The highest BCUT2D eigenvalue weighted by Crippen LogP contribution is 2.64. The van der Waals surface area contributed by atoms with Crippen LogP contribution in [0.4, 0.5) is 0 Å². The van der Waals surface area contributed by atoms with E-state index in [9.17, 15) is 0 Å². The van der Waals surface area contributed by atoms with Gasteiger partial charge in [0.05, 0.1) is 0 Å². The minimum absolute atomic E-state index is 0.413. The van der Waals surface area contributed by atoms with Crippen LogP contribution in [-0.4, -0.2) is 12.3 Å². The van der Waals surface area contributed by atoms with E-state index in [0.717, 1.165) is 11.8 Å². The molecule has 1 nitrogen and oxygen atoms in total. The average molecular weight is 265 g/mol. The van der Waals surface area contributed by atoms with Gasteiger partial charge in [-0.3, -0.25) is 4.99 Å². The van der Waals surface area contributed by atoms with Crippen molar-refractivity contribution in [2.75, 3.05) is 0 Å². The Bertz CT molecular complexity index is 312. The molecule has 0 aromatic carbocycles. The fraction of sp³-hybridized carbons (Fsp3) is 0.944. The van der Waals surface area contributed by atoms with E-state index in [1.54, 1.807) is 0 Å². The molecular weight excluding hydrogens is 230 g/mol. The second-order valence-corrected chi connectivity index (χ2v) is 8.20. The van der Waals surface area contributed by atoms with Crippen LogP contribution in [0.1, 0.15) is 74.7 Å². The predicted octanol–water partition coefficient (Wildman–Crippen LogP) is 5.59. The molecule has 0 amide bonds. The van der Waals surface area contributed by atoms with Gasteiger partial charge < -0.3 is 0 Å². The van der Waals surface area contributed by atoms with E-state index in [-0.39, 0.29) is 0 Å². The van der Waals surface area contributed by atoms with Crippen LogP contribution in [0.2, 0.25) is 0 Å². The Labute approximate surface area is 121 Å². The highest BCUT2D eigenvalue weighted by molar-refractivity contribution is 5.62. The summed E-state index contributed by atoms with van der Waals surface area (Å²) in [6, 6.07) is 0.498. The fourth-order valence-corrected chi connectivity index (χ4v) is 3.57. The van der Waals surface area contributed by atoms with Crippen molar-refractivity contribution in [2.24, 2.45) is 33.6 Å². The maximum Gasteiger partial charge on any atom is 0.0467 e. The van der Waals surface area contributed by atoms with Crippen LogP contribution in [-0.2, 0) is 0 Å². The second-order valence-electron chi connectivity index (χ2n) is 8.20. The molecule has 0 radical (unpaired) electrons. The molecular formula is C18H35N. The normalized spacial score (nSPS) is 32.3. The zero-order valence-corrected chi connectivity index (χ0v) is 14.5. The SMILES string of the molecule is CCC[C@@H](C)/N=C\[C@H](C)C1C[C@@]1(C)[C@@H](C)C(C)(C)C. The number of hydrogen-bond donors (Lipinski definition) is 0. The van der Waals surface area contributed by atoms with E-state index in [4.69, 9.17) is 4.99 Å². The van der Waals surface area contributed by atoms with Crippen molar-refractivity contribution in [1.29, 1.82) is 0 Å². The molecule has 112 valence electrons. The predicted molar refractivity (Wildman–Crippen MR) is 86.9 cm³/mol. The lowest BCUT2D eigenvalue weighted by Crippen LogP contribution is -2.27. The monoisotopic (exact) mass is 265 g/mol. The molecule has 1 aliphatic carbocycles. The molecule has 0 aliphatic heterocycles. The molecule has 0 saturated heterocycles. The molecule has 1 unspecified atom stereocenters. The van der Waals surface area contributed by atoms with E-state index in [1.165, 1.54) is 19.3 Å². The summed E-state index contributed by atoms with van der Waals surface area (Å²) in [6.07, 6.45) is 6.06. The average Bonchev–Trinajstić information content (AvgIpc) is 2.98. The Morgan fingerprint density at radius 1 is 1.26 bits per heavy atom. The summed E-state index contributed by atoms with van der Waals surface area (Å²) in [4.78, 5) is 4.74. The van der Waals surface area contributed by atoms with E-state index < -0.39 is 0 Å². The minimum Gasteiger partial charge on any atom is -0.294 e. The number of nitrogens with zero attached hydrogens (tertiary/aromatic N) is 1. The van der Waals surface area contributed by atoms with E-state index in [2.05, 4.69) is 61.6 Å². The molecule has 1 fully saturated rings. The number of rotatable bonds is 6. The highest BCUT2D eigenvalue weighted by Gasteiger charge is 2.57. The molecule has 0 heterocycles. The Morgan fingerprint density at radius 2 is 1.84 bits per heavy atom. The first kappa shape index (κ1) is 16.7. The van der Waals surface area contributed by atoms with Crippen LogP contribution < -0.4 is 0 Å². The van der Waals surface area contributed by atoms with Gasteiger partial charge in [0.25, 0.3) is 0 Å². The third-order valence-corrected chi connectivity index (χ3v) is 5.55. The van der Waals surface area contributed by atoms with Gasteiger partial charge in [-0.25, -0.2) is 0 Å². The summed E-state index contributed by atoms with van der Waals surface area (Å²) in [5.74, 6) is 2.24. The topological polar surface area (TPSA) is 12.4 Å². The molecule has 19 heavy (non-hydrogen) atoms. The van der Waals surface area contributed by atoms with Crippen molar-refractivity contribution < 1.29 is 0 Å². The molecule has 0 spiro atoms. The van der Waals surface area contributed by atoms with Gasteiger partial charge >= 0.3 is 0 Å². The summed E-state index contributed by atoms with van der Waals surface area (Å²) in [7, 11) is 0. The van der Waals surface area contributed by atoms with E-state index in [1.807, 2.05) is 0 Å². The van der Waals surface area contributed by atoms with Crippen molar-refractivity contribution >= 4 is 6.21 Å². The second kappa shape index (κ2) is 5.97. The molecule has 5 atom stereocenters. The zero-order valence-electron chi connectivity index (χ0n) is 14.5. The maximum absolute atomic E-state index is 4.74. The lowest BCUT2D eigenvalue weighted by atomic mass is 9.71. The molecule has 1 saturated carbocycles. The third-order valence-electron chi connectivity index (χ3n) is 5.55. The summed E-state index contributed by atoms with van der Waals surface area (Å²) in [5, 5.41) is 0. The summed E-state index contributed by atoms with van der Waals surface area (Å²) < 4.78 is 0. The van der Waals surface area contributed by atoms with Crippen molar-refractivity contribution in [3.05, 3.63) is 0 Å². The van der Waals surface area contributed by atoms with E-state index in [0.29, 0.717) is 22.8 Å². The van der Waals surface area contributed by atoms with Gasteiger partial charge in [0, 0.05) is 12.3 Å². The largest absolute Gasteiger partial charge is 0.294 e.